The minimum atomic E-state index is 0.333. The first-order valence-electron chi connectivity index (χ1n) is 6.86. The summed E-state index contributed by atoms with van der Waals surface area (Å²) in [5.74, 6) is 2.91. The summed E-state index contributed by atoms with van der Waals surface area (Å²) in [5, 5.41) is 7.67. The van der Waals surface area contributed by atoms with Gasteiger partial charge in [-0.1, -0.05) is 6.08 Å². The molecule has 94 valence electrons. The average molecular weight is 250 g/mol. The number of hydrogen-bond acceptors (Lipinski definition) is 1. The summed E-state index contributed by atoms with van der Waals surface area (Å²) in [7, 11) is 0. The Morgan fingerprint density at radius 3 is 2.18 bits per heavy atom. The lowest BCUT2D eigenvalue weighted by atomic mass is 9.53. The van der Waals surface area contributed by atoms with E-state index in [-0.39, 0.29) is 0 Å². The van der Waals surface area contributed by atoms with Gasteiger partial charge in [-0.25, -0.2) is 0 Å². The fourth-order valence-corrected chi connectivity index (χ4v) is 5.01. The Morgan fingerprint density at radius 1 is 1.18 bits per heavy atom. The van der Waals surface area contributed by atoms with Gasteiger partial charge < -0.3 is 10.6 Å². The van der Waals surface area contributed by atoms with Gasteiger partial charge in [-0.2, -0.15) is 0 Å². The first-order chi connectivity index (χ1) is 8.19. The highest BCUT2D eigenvalue weighted by atomic mass is 32.1. The van der Waals surface area contributed by atoms with Crippen LogP contribution in [0.1, 0.15) is 38.5 Å². The Morgan fingerprint density at radius 2 is 1.71 bits per heavy atom. The Hall–Kier alpha value is -0.570. The summed E-state index contributed by atoms with van der Waals surface area (Å²) >= 11 is 5.38. The summed E-state index contributed by atoms with van der Waals surface area (Å²) in [6, 6.07) is 0. The van der Waals surface area contributed by atoms with Crippen molar-refractivity contribution in [1.82, 2.24) is 10.6 Å². The minimum absolute atomic E-state index is 0.333. The second-order valence-electron chi connectivity index (χ2n) is 6.32. The van der Waals surface area contributed by atoms with Crippen LogP contribution in [0.25, 0.3) is 0 Å². The topological polar surface area (TPSA) is 24.1 Å². The SMILES string of the molecule is C=CCNC(=S)NC12CC3CC(CC(C3)C1)C2. The first kappa shape index (κ1) is 11.5. The van der Waals surface area contributed by atoms with Crippen molar-refractivity contribution < 1.29 is 0 Å². The van der Waals surface area contributed by atoms with E-state index in [2.05, 4.69) is 17.2 Å². The molecule has 4 aliphatic rings. The van der Waals surface area contributed by atoms with E-state index in [0.717, 1.165) is 29.4 Å². The Kier molecular flexibility index (Phi) is 2.89. The highest BCUT2D eigenvalue weighted by molar-refractivity contribution is 7.80. The molecular formula is C14H22N2S. The highest BCUT2D eigenvalue weighted by Gasteiger charge is 2.51. The van der Waals surface area contributed by atoms with E-state index in [1.165, 1.54) is 38.5 Å². The van der Waals surface area contributed by atoms with Gasteiger partial charge in [-0.15, -0.1) is 6.58 Å². The van der Waals surface area contributed by atoms with E-state index in [9.17, 15) is 0 Å². The third-order valence-corrected chi connectivity index (χ3v) is 5.07. The van der Waals surface area contributed by atoms with Gasteiger partial charge in [0.25, 0.3) is 0 Å². The number of rotatable bonds is 3. The first-order valence-corrected chi connectivity index (χ1v) is 7.27. The van der Waals surface area contributed by atoms with Crippen LogP contribution in [0.2, 0.25) is 0 Å². The lowest BCUT2D eigenvalue weighted by Gasteiger charge is -2.57. The average Bonchev–Trinajstić information content (AvgIpc) is 2.23. The van der Waals surface area contributed by atoms with E-state index in [1.807, 2.05) is 6.08 Å². The molecule has 4 saturated carbocycles. The summed E-state index contributed by atoms with van der Waals surface area (Å²) in [6.07, 6.45) is 10.3. The molecule has 0 unspecified atom stereocenters. The Labute approximate surface area is 109 Å². The zero-order chi connectivity index (χ0) is 11.9. The van der Waals surface area contributed by atoms with Crippen LogP contribution in [0.15, 0.2) is 12.7 Å². The molecule has 3 heteroatoms. The van der Waals surface area contributed by atoms with Crippen LogP contribution < -0.4 is 10.6 Å². The van der Waals surface area contributed by atoms with E-state index in [4.69, 9.17) is 12.2 Å². The van der Waals surface area contributed by atoms with Crippen LogP contribution in [0, 0.1) is 17.8 Å². The quantitative estimate of drug-likeness (QED) is 0.595. The van der Waals surface area contributed by atoms with Gasteiger partial charge in [0.2, 0.25) is 0 Å². The molecule has 0 radical (unpaired) electrons. The third-order valence-electron chi connectivity index (χ3n) is 4.82. The van der Waals surface area contributed by atoms with Gasteiger partial charge in [0.15, 0.2) is 5.11 Å². The van der Waals surface area contributed by atoms with Crippen molar-refractivity contribution in [2.45, 2.75) is 44.1 Å². The van der Waals surface area contributed by atoms with E-state index < -0.39 is 0 Å². The maximum Gasteiger partial charge on any atom is 0.166 e. The predicted octanol–water partition coefficient (Wildman–Crippen LogP) is 2.61. The fraction of sp³-hybridized carbons (Fsp3) is 0.786. The molecule has 4 fully saturated rings. The van der Waals surface area contributed by atoms with Crippen LogP contribution in [-0.2, 0) is 0 Å². The maximum absolute atomic E-state index is 5.38. The van der Waals surface area contributed by atoms with Crippen LogP contribution in [0.4, 0.5) is 0 Å². The van der Waals surface area contributed by atoms with Crippen molar-refractivity contribution >= 4 is 17.3 Å². The van der Waals surface area contributed by atoms with Crippen LogP contribution in [-0.4, -0.2) is 17.2 Å². The van der Waals surface area contributed by atoms with E-state index >= 15 is 0 Å². The number of nitrogens with one attached hydrogen (secondary N) is 2. The van der Waals surface area contributed by atoms with Crippen molar-refractivity contribution in [3.63, 3.8) is 0 Å². The van der Waals surface area contributed by atoms with Gasteiger partial charge in [-0.3, -0.25) is 0 Å². The van der Waals surface area contributed by atoms with Crippen LogP contribution >= 0.6 is 12.2 Å². The normalized spacial score (nSPS) is 42.2. The molecule has 0 heterocycles. The zero-order valence-corrected chi connectivity index (χ0v) is 11.2. The van der Waals surface area contributed by atoms with Gasteiger partial charge in [0.05, 0.1) is 0 Å². The highest BCUT2D eigenvalue weighted by Crippen LogP contribution is 2.55. The number of thiocarbonyl (C=S) groups is 1. The Bertz CT molecular complexity index is 302. The molecule has 2 nitrogen and oxygen atoms in total. The molecule has 2 N–H and O–H groups in total. The minimum Gasteiger partial charge on any atom is -0.359 e. The van der Waals surface area contributed by atoms with Crippen molar-refractivity contribution in [2.75, 3.05) is 6.54 Å². The van der Waals surface area contributed by atoms with Gasteiger partial charge in [0.1, 0.15) is 0 Å². The maximum atomic E-state index is 5.38. The molecular weight excluding hydrogens is 228 g/mol. The second-order valence-corrected chi connectivity index (χ2v) is 6.73. The monoisotopic (exact) mass is 250 g/mol. The van der Waals surface area contributed by atoms with E-state index in [1.54, 1.807) is 0 Å². The van der Waals surface area contributed by atoms with Crippen LogP contribution in [0.3, 0.4) is 0 Å². The predicted molar refractivity (Wildman–Crippen MR) is 74.8 cm³/mol. The second kappa shape index (κ2) is 4.27. The smallest absolute Gasteiger partial charge is 0.166 e. The molecule has 0 spiro atoms. The molecule has 17 heavy (non-hydrogen) atoms. The molecule has 0 saturated heterocycles. The molecule has 4 rings (SSSR count). The summed E-state index contributed by atoms with van der Waals surface area (Å²) in [6.45, 7) is 4.47. The molecule has 0 aromatic heterocycles. The Balaban J connectivity index is 1.65. The summed E-state index contributed by atoms with van der Waals surface area (Å²) in [5.41, 5.74) is 0.333. The van der Waals surface area contributed by atoms with Crippen molar-refractivity contribution in [3.05, 3.63) is 12.7 Å². The summed E-state index contributed by atoms with van der Waals surface area (Å²) in [4.78, 5) is 0. The molecule has 0 amide bonds. The molecule has 4 aliphatic carbocycles. The fourth-order valence-electron chi connectivity index (χ4n) is 4.71. The zero-order valence-electron chi connectivity index (χ0n) is 10.4. The molecule has 0 aromatic carbocycles. The van der Waals surface area contributed by atoms with Crippen LogP contribution in [0.5, 0.6) is 0 Å². The van der Waals surface area contributed by atoms with Gasteiger partial charge in [0, 0.05) is 12.1 Å². The molecule has 0 aromatic rings. The van der Waals surface area contributed by atoms with Crippen molar-refractivity contribution in [2.24, 2.45) is 17.8 Å². The third kappa shape index (κ3) is 2.22. The van der Waals surface area contributed by atoms with Crippen molar-refractivity contribution in [3.8, 4) is 0 Å². The summed E-state index contributed by atoms with van der Waals surface area (Å²) < 4.78 is 0. The van der Waals surface area contributed by atoms with Gasteiger partial charge >= 0.3 is 0 Å². The number of hydrogen-bond donors (Lipinski definition) is 2. The van der Waals surface area contributed by atoms with Gasteiger partial charge in [-0.05, 0) is 68.5 Å². The standard InChI is InChI=1S/C14H22N2S/c1-2-3-15-13(17)16-14-7-10-4-11(8-14)6-12(5-10)9-14/h2,10-12H,1,3-9H2,(H2,15,16,17). The van der Waals surface area contributed by atoms with Crippen molar-refractivity contribution in [1.29, 1.82) is 0 Å². The lowest BCUT2D eigenvalue weighted by molar-refractivity contribution is -0.0101. The molecule has 0 atom stereocenters. The molecule has 4 bridgehead atoms. The largest absolute Gasteiger partial charge is 0.359 e. The molecule has 0 aliphatic heterocycles. The van der Waals surface area contributed by atoms with E-state index in [0.29, 0.717) is 5.54 Å². The lowest BCUT2D eigenvalue weighted by Crippen LogP contribution is -2.61.